The van der Waals surface area contributed by atoms with Crippen LogP contribution in [0.2, 0.25) is 0 Å². The second-order valence-corrected chi connectivity index (χ2v) is 6.99. The van der Waals surface area contributed by atoms with Gasteiger partial charge in [0.2, 0.25) is 0 Å². The zero-order chi connectivity index (χ0) is 17.6. The molecule has 2 amide bonds. The Balaban J connectivity index is 2.08. The van der Waals surface area contributed by atoms with Crippen LogP contribution >= 0.6 is 0 Å². The highest BCUT2D eigenvalue weighted by molar-refractivity contribution is 5.85. The maximum atomic E-state index is 12.8. The number of hydrogen-bond donors (Lipinski definition) is 2. The predicted octanol–water partition coefficient (Wildman–Crippen LogP) is 2.25. The van der Waals surface area contributed by atoms with E-state index in [-0.39, 0.29) is 5.91 Å². The molecule has 2 N–H and O–H groups in total. The lowest BCUT2D eigenvalue weighted by atomic mass is 10.0. The van der Waals surface area contributed by atoms with E-state index in [1.807, 2.05) is 30.3 Å². The van der Waals surface area contributed by atoms with Gasteiger partial charge in [-0.05, 0) is 39.2 Å². The minimum absolute atomic E-state index is 0.135. The SMILES string of the molecule is CC(C)(C)OC(=O)NC(Cc1ccccc1)C(=O)N1CCCCN1. The summed E-state index contributed by atoms with van der Waals surface area (Å²) in [5.41, 5.74) is 3.48. The molecule has 0 radical (unpaired) electrons. The third-order valence-corrected chi connectivity index (χ3v) is 3.65. The maximum Gasteiger partial charge on any atom is 0.408 e. The molecule has 1 aromatic rings. The summed E-state index contributed by atoms with van der Waals surface area (Å²) in [5.74, 6) is -0.135. The molecule has 1 aromatic carbocycles. The second-order valence-electron chi connectivity index (χ2n) is 6.99. The van der Waals surface area contributed by atoms with E-state index in [2.05, 4.69) is 10.7 Å². The van der Waals surface area contributed by atoms with Gasteiger partial charge in [-0.1, -0.05) is 30.3 Å². The Morgan fingerprint density at radius 3 is 2.54 bits per heavy atom. The van der Waals surface area contributed by atoms with Crippen LogP contribution in [-0.4, -0.2) is 41.7 Å². The highest BCUT2D eigenvalue weighted by Gasteiger charge is 2.29. The number of nitrogens with one attached hydrogen (secondary N) is 2. The summed E-state index contributed by atoms with van der Waals surface area (Å²) in [6.07, 6.45) is 1.86. The molecule has 0 saturated carbocycles. The highest BCUT2D eigenvalue weighted by atomic mass is 16.6. The lowest BCUT2D eigenvalue weighted by Gasteiger charge is -2.31. The number of hydrazine groups is 1. The van der Waals surface area contributed by atoms with Crippen LogP contribution in [0.15, 0.2) is 30.3 Å². The first-order valence-electron chi connectivity index (χ1n) is 8.43. The Labute approximate surface area is 143 Å². The van der Waals surface area contributed by atoms with Crippen molar-refractivity contribution in [1.82, 2.24) is 15.8 Å². The number of ether oxygens (including phenoxy) is 1. The molecule has 1 unspecified atom stereocenters. The van der Waals surface area contributed by atoms with Crippen LogP contribution in [0.5, 0.6) is 0 Å². The average Bonchev–Trinajstić information content (AvgIpc) is 2.53. The topological polar surface area (TPSA) is 70.7 Å². The van der Waals surface area contributed by atoms with Gasteiger partial charge in [-0.15, -0.1) is 0 Å². The van der Waals surface area contributed by atoms with Crippen LogP contribution < -0.4 is 10.7 Å². The van der Waals surface area contributed by atoms with Crippen LogP contribution in [-0.2, 0) is 16.0 Å². The van der Waals surface area contributed by atoms with Crippen molar-refractivity contribution in [3.8, 4) is 0 Å². The Kier molecular flexibility index (Phi) is 6.20. The minimum Gasteiger partial charge on any atom is -0.444 e. The van der Waals surface area contributed by atoms with Crippen LogP contribution in [0.3, 0.4) is 0 Å². The molecule has 0 spiro atoms. The number of amides is 2. The largest absolute Gasteiger partial charge is 0.444 e. The molecule has 6 nitrogen and oxygen atoms in total. The lowest BCUT2D eigenvalue weighted by Crippen LogP contribution is -2.56. The Morgan fingerprint density at radius 2 is 1.96 bits per heavy atom. The lowest BCUT2D eigenvalue weighted by molar-refractivity contribution is -0.137. The van der Waals surface area contributed by atoms with Crippen molar-refractivity contribution in [2.45, 2.75) is 51.7 Å². The molecule has 0 aliphatic carbocycles. The van der Waals surface area contributed by atoms with E-state index < -0.39 is 17.7 Å². The monoisotopic (exact) mass is 333 g/mol. The molecule has 132 valence electrons. The molecule has 1 aliphatic heterocycles. The summed E-state index contributed by atoms with van der Waals surface area (Å²) >= 11 is 0. The van der Waals surface area contributed by atoms with Gasteiger partial charge >= 0.3 is 6.09 Å². The van der Waals surface area contributed by atoms with Gasteiger partial charge in [0.15, 0.2) is 0 Å². The number of benzene rings is 1. The number of carbonyl (C=O) groups excluding carboxylic acids is 2. The van der Waals surface area contributed by atoms with Crippen molar-refractivity contribution in [3.05, 3.63) is 35.9 Å². The number of carbonyl (C=O) groups is 2. The smallest absolute Gasteiger partial charge is 0.408 e. The zero-order valence-corrected chi connectivity index (χ0v) is 14.7. The van der Waals surface area contributed by atoms with Crippen molar-refractivity contribution in [2.24, 2.45) is 0 Å². The van der Waals surface area contributed by atoms with Crippen molar-refractivity contribution < 1.29 is 14.3 Å². The van der Waals surface area contributed by atoms with Gasteiger partial charge in [0.05, 0.1) is 0 Å². The number of hydrogen-bond acceptors (Lipinski definition) is 4. The van der Waals surface area contributed by atoms with Gasteiger partial charge < -0.3 is 10.1 Å². The number of nitrogens with zero attached hydrogens (tertiary/aromatic N) is 1. The highest BCUT2D eigenvalue weighted by Crippen LogP contribution is 2.11. The summed E-state index contributed by atoms with van der Waals surface area (Å²) in [6, 6.07) is 9.00. The van der Waals surface area contributed by atoms with Crippen LogP contribution in [0.4, 0.5) is 4.79 Å². The first kappa shape index (κ1) is 18.3. The van der Waals surface area contributed by atoms with E-state index in [1.165, 1.54) is 0 Å². The summed E-state index contributed by atoms with van der Waals surface area (Å²) < 4.78 is 5.30. The second kappa shape index (κ2) is 8.15. The Hall–Kier alpha value is -2.08. The molecule has 0 aromatic heterocycles. The molecule has 1 aliphatic rings. The van der Waals surface area contributed by atoms with Gasteiger partial charge in [-0.2, -0.15) is 0 Å². The molecule has 2 rings (SSSR count). The molecule has 24 heavy (non-hydrogen) atoms. The van der Waals surface area contributed by atoms with E-state index in [0.717, 1.165) is 24.9 Å². The Bertz CT molecular complexity index is 548. The molecule has 1 atom stereocenters. The van der Waals surface area contributed by atoms with Crippen molar-refractivity contribution in [3.63, 3.8) is 0 Å². The quantitative estimate of drug-likeness (QED) is 0.886. The summed E-state index contributed by atoms with van der Waals surface area (Å²) in [6.45, 7) is 6.82. The van der Waals surface area contributed by atoms with Crippen molar-refractivity contribution in [2.75, 3.05) is 13.1 Å². The fourth-order valence-corrected chi connectivity index (χ4v) is 2.56. The van der Waals surface area contributed by atoms with E-state index in [9.17, 15) is 9.59 Å². The van der Waals surface area contributed by atoms with E-state index in [0.29, 0.717) is 13.0 Å². The number of alkyl carbamates (subject to hydrolysis) is 1. The summed E-state index contributed by atoms with van der Waals surface area (Å²) in [4.78, 5) is 24.9. The van der Waals surface area contributed by atoms with Crippen molar-refractivity contribution >= 4 is 12.0 Å². The molecule has 1 fully saturated rings. The van der Waals surface area contributed by atoms with E-state index >= 15 is 0 Å². The van der Waals surface area contributed by atoms with Crippen LogP contribution in [0.25, 0.3) is 0 Å². The molecular weight excluding hydrogens is 306 g/mol. The normalized spacial score (nSPS) is 16.4. The van der Waals surface area contributed by atoms with Gasteiger partial charge in [0, 0.05) is 19.5 Å². The average molecular weight is 333 g/mol. The van der Waals surface area contributed by atoms with Crippen LogP contribution in [0.1, 0.15) is 39.2 Å². The van der Waals surface area contributed by atoms with E-state index in [1.54, 1.807) is 25.8 Å². The molecule has 6 heteroatoms. The molecule has 0 bridgehead atoms. The molecular formula is C18H27N3O3. The third-order valence-electron chi connectivity index (χ3n) is 3.65. The summed E-state index contributed by atoms with van der Waals surface area (Å²) in [5, 5.41) is 4.33. The van der Waals surface area contributed by atoms with Gasteiger partial charge in [-0.3, -0.25) is 9.80 Å². The van der Waals surface area contributed by atoms with Gasteiger partial charge in [0.1, 0.15) is 11.6 Å². The fourth-order valence-electron chi connectivity index (χ4n) is 2.56. The molecule has 1 heterocycles. The van der Waals surface area contributed by atoms with Gasteiger partial charge in [0.25, 0.3) is 5.91 Å². The van der Waals surface area contributed by atoms with E-state index in [4.69, 9.17) is 4.74 Å². The predicted molar refractivity (Wildman–Crippen MR) is 92.3 cm³/mol. The number of rotatable bonds is 4. The Morgan fingerprint density at radius 1 is 1.25 bits per heavy atom. The summed E-state index contributed by atoms with van der Waals surface area (Å²) in [7, 11) is 0. The van der Waals surface area contributed by atoms with Crippen molar-refractivity contribution in [1.29, 1.82) is 0 Å². The van der Waals surface area contributed by atoms with Crippen LogP contribution in [0, 0.1) is 0 Å². The first-order chi connectivity index (χ1) is 11.3. The minimum atomic E-state index is -0.659. The fraction of sp³-hybridized carbons (Fsp3) is 0.556. The third kappa shape index (κ3) is 5.85. The maximum absolute atomic E-state index is 12.8. The van der Waals surface area contributed by atoms with Gasteiger partial charge in [-0.25, -0.2) is 10.2 Å². The zero-order valence-electron chi connectivity index (χ0n) is 14.7. The molecule has 1 saturated heterocycles. The standard InChI is InChI=1S/C18H27N3O3/c1-18(2,3)24-17(23)20-15(13-14-9-5-4-6-10-14)16(22)21-12-8-7-11-19-21/h4-6,9-10,15,19H,7-8,11-13H2,1-3H3,(H,20,23). The first-order valence-corrected chi connectivity index (χ1v) is 8.43.